The van der Waals surface area contributed by atoms with Crippen LogP contribution >= 0.6 is 0 Å². The van der Waals surface area contributed by atoms with Crippen LogP contribution in [0.1, 0.15) is 59.3 Å². The minimum atomic E-state index is -0.335. The number of hydrogen-bond donors (Lipinski definition) is 1. The molecule has 21 heavy (non-hydrogen) atoms. The van der Waals surface area contributed by atoms with Crippen molar-refractivity contribution in [2.75, 3.05) is 20.2 Å². The van der Waals surface area contributed by atoms with E-state index >= 15 is 0 Å². The molecular weight excluding hydrogens is 262 g/mol. The van der Waals surface area contributed by atoms with Crippen molar-refractivity contribution >= 4 is 0 Å². The van der Waals surface area contributed by atoms with E-state index in [0.717, 1.165) is 38.8 Å². The van der Waals surface area contributed by atoms with Crippen LogP contribution in [0.4, 0.5) is 0 Å². The highest BCUT2D eigenvalue weighted by molar-refractivity contribution is 5.12. The van der Waals surface area contributed by atoms with E-state index < -0.39 is 0 Å². The van der Waals surface area contributed by atoms with Crippen LogP contribution in [0.25, 0.3) is 0 Å². The van der Waals surface area contributed by atoms with Gasteiger partial charge in [0.1, 0.15) is 5.54 Å². The monoisotopic (exact) mass is 293 g/mol. The predicted molar refractivity (Wildman–Crippen MR) is 85.1 cm³/mol. The molecule has 1 aliphatic heterocycles. The second-order valence-corrected chi connectivity index (χ2v) is 7.47. The lowest BCUT2D eigenvalue weighted by Gasteiger charge is -2.47. The summed E-state index contributed by atoms with van der Waals surface area (Å²) in [6.07, 6.45) is 6.61. The maximum atomic E-state index is 9.70. The summed E-state index contributed by atoms with van der Waals surface area (Å²) in [4.78, 5) is 2.57. The Balaban J connectivity index is 2.05. The Kier molecular flexibility index (Phi) is 5.29. The molecule has 1 saturated heterocycles. The van der Waals surface area contributed by atoms with Gasteiger partial charge < -0.3 is 4.74 Å². The maximum absolute atomic E-state index is 9.70. The molecular formula is C17H31N3O. The first-order valence-corrected chi connectivity index (χ1v) is 8.40. The van der Waals surface area contributed by atoms with Gasteiger partial charge in [0, 0.05) is 25.7 Å². The van der Waals surface area contributed by atoms with Gasteiger partial charge in [-0.3, -0.25) is 10.2 Å². The summed E-state index contributed by atoms with van der Waals surface area (Å²) in [6, 6.07) is 3.45. The highest BCUT2D eigenvalue weighted by Gasteiger charge is 2.41. The summed E-state index contributed by atoms with van der Waals surface area (Å²) < 4.78 is 5.72. The van der Waals surface area contributed by atoms with Gasteiger partial charge in [-0.25, -0.2) is 0 Å². The zero-order chi connectivity index (χ0) is 15.5. The van der Waals surface area contributed by atoms with Crippen LogP contribution in [0.2, 0.25) is 0 Å². The van der Waals surface area contributed by atoms with Crippen molar-refractivity contribution in [2.24, 2.45) is 0 Å². The van der Waals surface area contributed by atoms with Gasteiger partial charge in [-0.05, 0) is 65.8 Å². The first-order chi connectivity index (χ1) is 9.92. The second-order valence-electron chi connectivity index (χ2n) is 7.47. The smallest absolute Gasteiger partial charge is 0.108 e. The molecule has 1 aliphatic carbocycles. The summed E-state index contributed by atoms with van der Waals surface area (Å²) in [6.45, 7) is 8.62. The van der Waals surface area contributed by atoms with E-state index in [0.29, 0.717) is 12.1 Å². The van der Waals surface area contributed by atoms with Crippen LogP contribution in [0.5, 0.6) is 0 Å². The van der Waals surface area contributed by atoms with E-state index in [-0.39, 0.29) is 11.1 Å². The average Bonchev–Trinajstić information content (AvgIpc) is 2.47. The summed E-state index contributed by atoms with van der Waals surface area (Å²) in [7, 11) is 1.82. The molecule has 1 N–H and O–H groups in total. The zero-order valence-corrected chi connectivity index (χ0v) is 14.1. The molecule has 0 aromatic heterocycles. The van der Waals surface area contributed by atoms with Crippen LogP contribution < -0.4 is 5.32 Å². The van der Waals surface area contributed by atoms with E-state index in [9.17, 15) is 5.26 Å². The molecule has 2 fully saturated rings. The van der Waals surface area contributed by atoms with Gasteiger partial charge in [-0.15, -0.1) is 0 Å². The molecule has 1 heterocycles. The third-order valence-electron chi connectivity index (χ3n) is 5.20. The number of nitrogens with one attached hydrogen (secondary N) is 1. The number of likely N-dealkylation sites (tertiary alicyclic amines) is 1. The standard InChI is InChI=1S/C17H31N3O/c1-14(2)19-17(12-18)9-5-7-15(11-17)20-10-6-8-16(3,13-20)21-4/h14-15,19H,5-11,13H2,1-4H3. The Morgan fingerprint density at radius 2 is 2.10 bits per heavy atom. The summed E-state index contributed by atoms with van der Waals surface area (Å²) >= 11 is 0. The normalized spacial score (nSPS) is 38.4. The second kappa shape index (κ2) is 6.64. The molecule has 4 nitrogen and oxygen atoms in total. The fourth-order valence-electron chi connectivity index (χ4n) is 4.10. The molecule has 0 radical (unpaired) electrons. The number of rotatable bonds is 4. The van der Waals surface area contributed by atoms with Gasteiger partial charge in [0.15, 0.2) is 0 Å². The van der Waals surface area contributed by atoms with Gasteiger partial charge in [-0.2, -0.15) is 5.26 Å². The van der Waals surface area contributed by atoms with Crippen molar-refractivity contribution in [3.05, 3.63) is 0 Å². The predicted octanol–water partition coefficient (Wildman–Crippen LogP) is 2.69. The van der Waals surface area contributed by atoms with E-state index in [4.69, 9.17) is 4.74 Å². The molecule has 2 aliphatic rings. The van der Waals surface area contributed by atoms with Crippen LogP contribution in [-0.2, 0) is 4.74 Å². The van der Waals surface area contributed by atoms with Crippen molar-refractivity contribution < 1.29 is 4.74 Å². The molecule has 1 saturated carbocycles. The Morgan fingerprint density at radius 3 is 2.71 bits per heavy atom. The highest BCUT2D eigenvalue weighted by atomic mass is 16.5. The van der Waals surface area contributed by atoms with E-state index in [2.05, 4.69) is 37.1 Å². The zero-order valence-electron chi connectivity index (χ0n) is 14.1. The first-order valence-electron chi connectivity index (χ1n) is 8.40. The lowest BCUT2D eigenvalue weighted by atomic mass is 9.78. The number of methoxy groups -OCH3 is 1. The average molecular weight is 293 g/mol. The fourth-order valence-corrected chi connectivity index (χ4v) is 4.10. The third kappa shape index (κ3) is 3.97. The Bertz CT molecular complexity index is 392. The topological polar surface area (TPSA) is 48.3 Å². The van der Waals surface area contributed by atoms with Crippen molar-refractivity contribution in [2.45, 2.75) is 82.5 Å². The number of piperidine rings is 1. The van der Waals surface area contributed by atoms with Gasteiger partial charge in [0.2, 0.25) is 0 Å². The van der Waals surface area contributed by atoms with Crippen molar-refractivity contribution in [3.8, 4) is 6.07 Å². The Labute approximate surface area is 129 Å². The lowest BCUT2D eigenvalue weighted by Crippen LogP contribution is -2.58. The van der Waals surface area contributed by atoms with E-state index in [1.54, 1.807) is 0 Å². The third-order valence-corrected chi connectivity index (χ3v) is 5.20. The molecule has 120 valence electrons. The molecule has 2 rings (SSSR count). The molecule has 0 aromatic rings. The Morgan fingerprint density at radius 1 is 1.33 bits per heavy atom. The molecule has 4 heteroatoms. The molecule has 0 spiro atoms. The molecule has 0 bridgehead atoms. The molecule has 0 aromatic carbocycles. The van der Waals surface area contributed by atoms with Crippen molar-refractivity contribution in [3.63, 3.8) is 0 Å². The molecule has 0 amide bonds. The minimum absolute atomic E-state index is 0.0174. The maximum Gasteiger partial charge on any atom is 0.108 e. The molecule has 3 atom stereocenters. The van der Waals surface area contributed by atoms with E-state index in [1.807, 2.05) is 7.11 Å². The van der Waals surface area contributed by atoms with Crippen LogP contribution in [0.3, 0.4) is 0 Å². The fraction of sp³-hybridized carbons (Fsp3) is 0.941. The largest absolute Gasteiger partial charge is 0.377 e. The molecule has 3 unspecified atom stereocenters. The quantitative estimate of drug-likeness (QED) is 0.866. The van der Waals surface area contributed by atoms with Crippen molar-refractivity contribution in [1.82, 2.24) is 10.2 Å². The van der Waals surface area contributed by atoms with Gasteiger partial charge in [0.05, 0.1) is 11.7 Å². The van der Waals surface area contributed by atoms with Crippen LogP contribution in [0, 0.1) is 11.3 Å². The van der Waals surface area contributed by atoms with Crippen LogP contribution in [0.15, 0.2) is 0 Å². The number of ether oxygens (including phenoxy) is 1. The van der Waals surface area contributed by atoms with Crippen LogP contribution in [-0.4, -0.2) is 48.3 Å². The summed E-state index contributed by atoms with van der Waals surface area (Å²) in [5.74, 6) is 0. The van der Waals surface area contributed by atoms with Gasteiger partial charge in [-0.1, -0.05) is 0 Å². The first kappa shape index (κ1) is 16.7. The van der Waals surface area contributed by atoms with Crippen molar-refractivity contribution in [1.29, 1.82) is 5.26 Å². The SMILES string of the molecule is COC1(C)CCCN(C2CCCC(C#N)(NC(C)C)C2)C1. The Hall–Kier alpha value is -0.630. The van der Waals surface area contributed by atoms with E-state index in [1.165, 1.54) is 12.8 Å². The van der Waals surface area contributed by atoms with Gasteiger partial charge in [0.25, 0.3) is 0 Å². The summed E-state index contributed by atoms with van der Waals surface area (Å²) in [5.41, 5.74) is -0.353. The number of nitriles is 1. The number of hydrogen-bond acceptors (Lipinski definition) is 4. The minimum Gasteiger partial charge on any atom is -0.377 e. The highest BCUT2D eigenvalue weighted by Crippen LogP contribution is 2.34. The summed E-state index contributed by atoms with van der Waals surface area (Å²) in [5, 5.41) is 13.2. The van der Waals surface area contributed by atoms with Gasteiger partial charge >= 0.3 is 0 Å². The number of nitrogens with zero attached hydrogens (tertiary/aromatic N) is 2. The lowest BCUT2D eigenvalue weighted by molar-refractivity contribution is -0.0674.